The first-order chi connectivity index (χ1) is 10.9. The van der Waals surface area contributed by atoms with Crippen molar-refractivity contribution in [1.29, 1.82) is 5.41 Å². The number of carbonyl (C=O) groups is 1. The van der Waals surface area contributed by atoms with Crippen molar-refractivity contribution in [1.82, 2.24) is 9.97 Å². The van der Waals surface area contributed by atoms with E-state index in [9.17, 15) is 9.90 Å². The summed E-state index contributed by atoms with van der Waals surface area (Å²) in [7, 11) is 0. The maximum Gasteiger partial charge on any atom is 0.197 e. The van der Waals surface area contributed by atoms with E-state index in [1.54, 1.807) is 0 Å². The Labute approximate surface area is 144 Å². The first-order valence-corrected chi connectivity index (χ1v) is 8.45. The lowest BCUT2D eigenvalue weighted by molar-refractivity contribution is -0.128. The summed E-state index contributed by atoms with van der Waals surface area (Å²) in [5, 5.41) is 19.3. The van der Waals surface area contributed by atoms with Gasteiger partial charge in [-0.1, -0.05) is 29.6 Å². The van der Waals surface area contributed by atoms with E-state index in [1.165, 1.54) is 6.07 Å². The second-order valence-electron chi connectivity index (χ2n) is 6.11. The minimum Gasteiger partial charge on any atom is -0.504 e. The van der Waals surface area contributed by atoms with Crippen LogP contribution in [0.15, 0.2) is 11.6 Å². The molecule has 0 aliphatic heterocycles. The van der Waals surface area contributed by atoms with E-state index in [0.29, 0.717) is 31.3 Å². The van der Waals surface area contributed by atoms with Gasteiger partial charge in [0.2, 0.25) is 0 Å². The number of carbonyl (C=O) groups excluding carboxylic acids is 1. The first kappa shape index (κ1) is 16.4. The van der Waals surface area contributed by atoms with Crippen molar-refractivity contribution < 1.29 is 9.90 Å². The molecule has 1 spiro atoms. The van der Waals surface area contributed by atoms with Crippen LogP contribution < -0.4 is 0 Å². The fraction of sp³-hybridized carbons (Fsp3) is 0.500. The van der Waals surface area contributed by atoms with Crippen molar-refractivity contribution in [3.05, 3.63) is 27.8 Å². The van der Waals surface area contributed by atoms with E-state index in [-0.39, 0.29) is 33.4 Å². The van der Waals surface area contributed by atoms with Crippen LogP contribution in [0.1, 0.15) is 50.8 Å². The van der Waals surface area contributed by atoms with Crippen LogP contribution in [-0.2, 0) is 4.79 Å². The number of ketones is 1. The van der Waals surface area contributed by atoms with Crippen LogP contribution in [0.5, 0.6) is 0 Å². The van der Waals surface area contributed by atoms with Crippen LogP contribution in [0.2, 0.25) is 10.3 Å². The van der Waals surface area contributed by atoms with Gasteiger partial charge in [-0.25, -0.2) is 9.97 Å². The van der Waals surface area contributed by atoms with Gasteiger partial charge in [0, 0.05) is 18.1 Å². The van der Waals surface area contributed by atoms with Crippen LogP contribution >= 0.6 is 23.2 Å². The minimum absolute atomic E-state index is 0.00237. The highest BCUT2D eigenvalue weighted by atomic mass is 35.5. The number of rotatable bonds is 1. The van der Waals surface area contributed by atoms with Gasteiger partial charge in [0.25, 0.3) is 0 Å². The number of aromatic nitrogens is 2. The number of aliphatic hydroxyl groups excluding tert-OH is 1. The smallest absolute Gasteiger partial charge is 0.197 e. The fourth-order valence-corrected chi connectivity index (χ4v) is 4.02. The molecule has 0 unspecified atom stereocenters. The molecule has 2 aliphatic rings. The molecule has 1 heterocycles. The molecule has 1 aromatic rings. The number of allylic oxidation sites excluding steroid dienone is 1. The van der Waals surface area contributed by atoms with Crippen molar-refractivity contribution >= 4 is 40.5 Å². The van der Waals surface area contributed by atoms with Crippen molar-refractivity contribution in [3.63, 3.8) is 0 Å². The topological polar surface area (TPSA) is 86.9 Å². The second-order valence-corrected chi connectivity index (χ2v) is 6.88. The van der Waals surface area contributed by atoms with Gasteiger partial charge < -0.3 is 10.5 Å². The average Bonchev–Trinajstić information content (AvgIpc) is 2.51. The number of nitrogens with one attached hydrogen (secondary N) is 1. The highest BCUT2D eigenvalue weighted by Crippen LogP contribution is 2.45. The maximum absolute atomic E-state index is 12.5. The molecule has 2 fully saturated rings. The largest absolute Gasteiger partial charge is 0.504 e. The molecule has 122 valence electrons. The van der Waals surface area contributed by atoms with E-state index < -0.39 is 5.41 Å². The third-order valence-corrected chi connectivity index (χ3v) is 5.15. The molecule has 23 heavy (non-hydrogen) atoms. The molecule has 1 atom stereocenters. The van der Waals surface area contributed by atoms with Gasteiger partial charge in [-0.05, 0) is 32.1 Å². The number of halogens is 2. The quantitative estimate of drug-likeness (QED) is 0.579. The number of nitrogens with zero attached hydrogens (tertiary/aromatic N) is 2. The Morgan fingerprint density at radius 3 is 2.43 bits per heavy atom. The van der Waals surface area contributed by atoms with E-state index in [0.717, 1.165) is 19.3 Å². The Morgan fingerprint density at radius 1 is 1.13 bits per heavy atom. The highest BCUT2D eigenvalue weighted by molar-refractivity contribution is 6.33. The Morgan fingerprint density at radius 2 is 1.78 bits per heavy atom. The molecule has 0 amide bonds. The molecular formula is C16H17Cl2N3O2. The highest BCUT2D eigenvalue weighted by Gasteiger charge is 2.47. The summed E-state index contributed by atoms with van der Waals surface area (Å²) in [5.74, 6) is -0.0804. The van der Waals surface area contributed by atoms with Gasteiger partial charge in [-0.3, -0.25) is 4.79 Å². The number of aliphatic hydroxyl groups is 1. The third kappa shape index (κ3) is 2.88. The molecule has 0 saturated heterocycles. The lowest BCUT2D eigenvalue weighted by atomic mass is 9.62. The maximum atomic E-state index is 12.5. The van der Waals surface area contributed by atoms with E-state index in [1.807, 2.05) is 0 Å². The molecule has 2 N–H and O–H groups in total. The van der Waals surface area contributed by atoms with Crippen molar-refractivity contribution in [2.75, 3.05) is 0 Å². The lowest BCUT2D eigenvalue weighted by Gasteiger charge is -2.40. The van der Waals surface area contributed by atoms with Crippen molar-refractivity contribution in [2.24, 2.45) is 5.41 Å². The summed E-state index contributed by atoms with van der Waals surface area (Å²) >= 11 is 11.7. The van der Waals surface area contributed by atoms with Crippen LogP contribution in [-0.4, -0.2) is 26.6 Å². The first-order valence-electron chi connectivity index (χ1n) is 7.69. The van der Waals surface area contributed by atoms with Crippen molar-refractivity contribution in [2.45, 2.75) is 44.9 Å². The van der Waals surface area contributed by atoms with Crippen LogP contribution in [0, 0.1) is 10.8 Å². The molecule has 0 aromatic carbocycles. The molecule has 1 aromatic heterocycles. The second kappa shape index (κ2) is 6.21. The number of Topliss-reactive ketones (excluding diaryl/α,β-unsaturated/α-hetero) is 1. The van der Waals surface area contributed by atoms with Gasteiger partial charge in [0.1, 0.15) is 16.1 Å². The molecule has 0 radical (unpaired) electrons. The predicted molar refractivity (Wildman–Crippen MR) is 89.1 cm³/mol. The zero-order chi connectivity index (χ0) is 16.6. The van der Waals surface area contributed by atoms with Crippen LogP contribution in [0.3, 0.4) is 0 Å². The molecule has 7 heteroatoms. The Bertz CT molecular complexity index is 693. The third-order valence-electron chi connectivity index (χ3n) is 4.76. The van der Waals surface area contributed by atoms with Gasteiger partial charge in [0.05, 0.1) is 11.1 Å². The molecule has 2 saturated carbocycles. The summed E-state index contributed by atoms with van der Waals surface area (Å²) in [6.45, 7) is 0. The Hall–Kier alpha value is -1.46. The van der Waals surface area contributed by atoms with E-state index >= 15 is 0 Å². The van der Waals surface area contributed by atoms with Crippen molar-refractivity contribution in [3.8, 4) is 0 Å². The average molecular weight is 354 g/mol. The number of hydrogen-bond acceptors (Lipinski definition) is 5. The molecular weight excluding hydrogens is 337 g/mol. The fourth-order valence-electron chi connectivity index (χ4n) is 3.59. The van der Waals surface area contributed by atoms with E-state index in [2.05, 4.69) is 9.97 Å². The lowest BCUT2D eigenvalue weighted by Crippen LogP contribution is -2.44. The van der Waals surface area contributed by atoms with Gasteiger partial charge in [0.15, 0.2) is 11.6 Å². The zero-order valence-electron chi connectivity index (χ0n) is 12.5. The molecule has 3 rings (SSSR count). The summed E-state index contributed by atoms with van der Waals surface area (Å²) in [6, 6.07) is 1.38. The van der Waals surface area contributed by atoms with Gasteiger partial charge in [-0.15, -0.1) is 0 Å². The summed E-state index contributed by atoms with van der Waals surface area (Å²) in [4.78, 5) is 20.4. The SMILES string of the molecule is N=C1/C(=C(\O)c2nc(Cl)cc(Cl)n2)CCC[C@@]12CCCCC2=O. The number of hydrogen-bond donors (Lipinski definition) is 2. The minimum atomic E-state index is -0.748. The zero-order valence-corrected chi connectivity index (χ0v) is 14.0. The standard InChI is InChI=1S/C16H17Cl2N3O2/c17-11-8-12(18)21-15(20-11)13(23)9-4-3-7-16(14(9)19)6-2-1-5-10(16)22/h8,19,23H,1-7H2/b13-9-,19-14?/t16-/m1/s1. The molecule has 2 aliphatic carbocycles. The Balaban J connectivity index is 2.04. The Kier molecular flexibility index (Phi) is 4.43. The molecule has 0 bridgehead atoms. The van der Waals surface area contributed by atoms with Crippen LogP contribution in [0.25, 0.3) is 5.76 Å². The monoisotopic (exact) mass is 353 g/mol. The summed E-state index contributed by atoms with van der Waals surface area (Å²) < 4.78 is 0. The van der Waals surface area contributed by atoms with E-state index in [4.69, 9.17) is 28.6 Å². The van der Waals surface area contributed by atoms with Gasteiger partial charge >= 0.3 is 0 Å². The molecule has 5 nitrogen and oxygen atoms in total. The summed E-state index contributed by atoms with van der Waals surface area (Å²) in [5.41, 5.74) is -0.0992. The van der Waals surface area contributed by atoms with Crippen LogP contribution in [0.4, 0.5) is 0 Å². The summed E-state index contributed by atoms with van der Waals surface area (Å²) in [6.07, 6.45) is 4.95. The predicted octanol–water partition coefficient (Wildman–Crippen LogP) is 4.39. The van der Waals surface area contributed by atoms with Gasteiger partial charge in [-0.2, -0.15) is 0 Å². The normalized spacial score (nSPS) is 27.4.